The Hall–Kier alpha value is -1.67. The minimum atomic E-state index is 0.201. The van der Waals surface area contributed by atoms with E-state index in [1.165, 1.54) is 16.7 Å². The monoisotopic (exact) mass is 330 g/mol. The molecular formula is C20H23ClO2. The van der Waals surface area contributed by atoms with Crippen LogP contribution in [0.5, 0.6) is 11.5 Å². The second-order valence-corrected chi connectivity index (χ2v) is 7.04. The lowest BCUT2D eigenvalue weighted by Gasteiger charge is -2.19. The highest BCUT2D eigenvalue weighted by atomic mass is 35.5. The van der Waals surface area contributed by atoms with Crippen LogP contribution in [-0.2, 0) is 19.3 Å². The van der Waals surface area contributed by atoms with E-state index in [0.717, 1.165) is 30.7 Å². The summed E-state index contributed by atoms with van der Waals surface area (Å²) in [5.74, 6) is 2.11. The maximum atomic E-state index is 9.67. The van der Waals surface area contributed by atoms with Crippen molar-refractivity contribution in [1.82, 2.24) is 0 Å². The number of ether oxygens (including phenoxy) is 1. The number of benzene rings is 2. The molecule has 0 heterocycles. The Labute approximate surface area is 143 Å². The van der Waals surface area contributed by atoms with Gasteiger partial charge in [-0.3, -0.25) is 0 Å². The van der Waals surface area contributed by atoms with Crippen molar-refractivity contribution in [1.29, 1.82) is 0 Å². The van der Waals surface area contributed by atoms with Gasteiger partial charge in [0.1, 0.15) is 0 Å². The SMILES string of the molecule is COc1cc(CC[C@@H](C)C2Cc3ccc(Cl)cc3C2)ccc1O. The van der Waals surface area contributed by atoms with E-state index in [9.17, 15) is 5.11 Å². The van der Waals surface area contributed by atoms with Crippen LogP contribution in [0.15, 0.2) is 36.4 Å². The third-order valence-corrected chi connectivity index (χ3v) is 5.30. The maximum Gasteiger partial charge on any atom is 0.160 e. The van der Waals surface area contributed by atoms with Gasteiger partial charge in [-0.15, -0.1) is 0 Å². The number of hydrogen-bond acceptors (Lipinski definition) is 2. The molecule has 0 spiro atoms. The number of phenols is 1. The van der Waals surface area contributed by atoms with Gasteiger partial charge in [0.25, 0.3) is 0 Å². The van der Waals surface area contributed by atoms with Crippen molar-refractivity contribution in [3.8, 4) is 11.5 Å². The lowest BCUT2D eigenvalue weighted by molar-refractivity contribution is 0.350. The van der Waals surface area contributed by atoms with Crippen LogP contribution < -0.4 is 4.74 Å². The average molecular weight is 331 g/mol. The lowest BCUT2D eigenvalue weighted by Crippen LogP contribution is -2.12. The number of fused-ring (bicyclic) bond motifs is 1. The van der Waals surface area contributed by atoms with Crippen molar-refractivity contribution in [2.45, 2.75) is 32.6 Å². The molecule has 2 nitrogen and oxygen atoms in total. The highest BCUT2D eigenvalue weighted by Gasteiger charge is 2.26. The summed E-state index contributed by atoms with van der Waals surface area (Å²) in [4.78, 5) is 0. The van der Waals surface area contributed by atoms with Crippen LogP contribution in [0.25, 0.3) is 0 Å². The van der Waals surface area contributed by atoms with Crippen LogP contribution in [0.3, 0.4) is 0 Å². The molecule has 0 amide bonds. The van der Waals surface area contributed by atoms with Crippen molar-refractivity contribution in [3.05, 3.63) is 58.1 Å². The molecule has 0 fully saturated rings. The standard InChI is InChI=1S/C20H23ClO2/c1-13(3-4-14-5-8-19(22)20(9-14)23-2)16-10-15-6-7-18(21)12-17(15)11-16/h5-9,12-13,16,22H,3-4,10-11H2,1-2H3/t13-,16?/m1/s1. The Morgan fingerprint density at radius 2 is 1.96 bits per heavy atom. The predicted molar refractivity (Wildman–Crippen MR) is 94.5 cm³/mol. The van der Waals surface area contributed by atoms with Gasteiger partial charge in [-0.2, -0.15) is 0 Å². The zero-order valence-electron chi connectivity index (χ0n) is 13.7. The van der Waals surface area contributed by atoms with Crippen LogP contribution >= 0.6 is 11.6 Å². The number of phenolic OH excluding ortho intramolecular Hbond substituents is 1. The molecule has 2 aromatic carbocycles. The Morgan fingerprint density at radius 1 is 1.17 bits per heavy atom. The van der Waals surface area contributed by atoms with E-state index in [2.05, 4.69) is 19.1 Å². The van der Waals surface area contributed by atoms with Crippen LogP contribution in [0.2, 0.25) is 5.02 Å². The lowest BCUT2D eigenvalue weighted by atomic mass is 9.86. The van der Waals surface area contributed by atoms with Gasteiger partial charge in [0.05, 0.1) is 7.11 Å². The molecule has 0 aromatic heterocycles. The van der Waals surface area contributed by atoms with Gasteiger partial charge in [-0.1, -0.05) is 30.7 Å². The Morgan fingerprint density at radius 3 is 2.74 bits per heavy atom. The Kier molecular flexibility index (Phi) is 4.82. The molecule has 0 radical (unpaired) electrons. The fraction of sp³-hybridized carbons (Fsp3) is 0.400. The first-order chi connectivity index (χ1) is 11.1. The van der Waals surface area contributed by atoms with Crippen LogP contribution in [0.4, 0.5) is 0 Å². The molecule has 0 saturated carbocycles. The summed E-state index contributed by atoms with van der Waals surface area (Å²) >= 11 is 6.10. The first-order valence-corrected chi connectivity index (χ1v) is 8.58. The van der Waals surface area contributed by atoms with Gasteiger partial charge in [-0.25, -0.2) is 0 Å². The summed E-state index contributed by atoms with van der Waals surface area (Å²) in [6, 6.07) is 11.9. The quantitative estimate of drug-likeness (QED) is 0.832. The van der Waals surface area contributed by atoms with Crippen molar-refractivity contribution < 1.29 is 9.84 Å². The zero-order valence-corrected chi connectivity index (χ0v) is 14.4. The molecule has 2 aromatic rings. The van der Waals surface area contributed by atoms with E-state index in [-0.39, 0.29) is 5.75 Å². The number of hydrogen-bond donors (Lipinski definition) is 1. The normalized spacial score (nSPS) is 17.8. The number of aryl methyl sites for hydroxylation is 1. The van der Waals surface area contributed by atoms with Gasteiger partial charge in [0.2, 0.25) is 0 Å². The molecule has 0 aliphatic heterocycles. The summed E-state index contributed by atoms with van der Waals surface area (Å²) < 4.78 is 5.18. The maximum absolute atomic E-state index is 9.67. The molecule has 3 heteroatoms. The topological polar surface area (TPSA) is 29.5 Å². The van der Waals surface area contributed by atoms with Gasteiger partial charge >= 0.3 is 0 Å². The van der Waals surface area contributed by atoms with Gasteiger partial charge in [0, 0.05) is 5.02 Å². The third kappa shape index (κ3) is 3.64. The zero-order chi connectivity index (χ0) is 16.4. The van der Waals surface area contributed by atoms with Gasteiger partial charge in [-0.05, 0) is 78.5 Å². The van der Waals surface area contributed by atoms with E-state index in [1.807, 2.05) is 18.2 Å². The fourth-order valence-corrected chi connectivity index (χ4v) is 3.73. The first-order valence-electron chi connectivity index (χ1n) is 8.20. The summed E-state index contributed by atoms with van der Waals surface area (Å²) in [5.41, 5.74) is 4.09. The van der Waals surface area contributed by atoms with E-state index in [4.69, 9.17) is 16.3 Å². The van der Waals surface area contributed by atoms with Crippen LogP contribution in [-0.4, -0.2) is 12.2 Å². The molecule has 1 aliphatic rings. The molecule has 1 unspecified atom stereocenters. The summed E-state index contributed by atoms with van der Waals surface area (Å²) in [5, 5.41) is 10.5. The summed E-state index contributed by atoms with van der Waals surface area (Å²) in [7, 11) is 1.59. The number of halogens is 1. The van der Waals surface area contributed by atoms with E-state index >= 15 is 0 Å². The average Bonchev–Trinajstić information content (AvgIpc) is 2.97. The van der Waals surface area contributed by atoms with Gasteiger partial charge < -0.3 is 9.84 Å². The number of rotatable bonds is 5. The highest BCUT2D eigenvalue weighted by Crippen LogP contribution is 2.35. The highest BCUT2D eigenvalue weighted by molar-refractivity contribution is 6.30. The van der Waals surface area contributed by atoms with Crippen molar-refractivity contribution in [2.75, 3.05) is 7.11 Å². The van der Waals surface area contributed by atoms with Crippen LogP contribution in [0, 0.1) is 11.8 Å². The fourth-order valence-electron chi connectivity index (χ4n) is 3.53. The third-order valence-electron chi connectivity index (χ3n) is 5.07. The van der Waals surface area contributed by atoms with Gasteiger partial charge in [0.15, 0.2) is 11.5 Å². The molecule has 122 valence electrons. The second kappa shape index (κ2) is 6.84. The van der Waals surface area contributed by atoms with Crippen molar-refractivity contribution >= 4 is 11.6 Å². The number of methoxy groups -OCH3 is 1. The van der Waals surface area contributed by atoms with Crippen LogP contribution in [0.1, 0.15) is 30.0 Å². The molecule has 2 atom stereocenters. The molecule has 3 rings (SSSR count). The second-order valence-electron chi connectivity index (χ2n) is 6.60. The van der Waals surface area contributed by atoms with E-state index in [1.54, 1.807) is 13.2 Å². The molecule has 0 saturated heterocycles. The Balaban J connectivity index is 1.59. The minimum absolute atomic E-state index is 0.201. The molecule has 1 N–H and O–H groups in total. The summed E-state index contributed by atoms with van der Waals surface area (Å²) in [6.07, 6.45) is 4.44. The molecule has 23 heavy (non-hydrogen) atoms. The molecule has 0 bridgehead atoms. The minimum Gasteiger partial charge on any atom is -0.504 e. The van der Waals surface area contributed by atoms with Crippen molar-refractivity contribution in [3.63, 3.8) is 0 Å². The number of aromatic hydroxyl groups is 1. The first kappa shape index (κ1) is 16.2. The molecular weight excluding hydrogens is 308 g/mol. The van der Waals surface area contributed by atoms with Crippen molar-refractivity contribution in [2.24, 2.45) is 11.8 Å². The largest absolute Gasteiger partial charge is 0.504 e. The Bertz CT molecular complexity index is 696. The van der Waals surface area contributed by atoms with E-state index < -0.39 is 0 Å². The molecule has 1 aliphatic carbocycles. The predicted octanol–water partition coefficient (Wildman–Crippen LogP) is 5.04. The summed E-state index contributed by atoms with van der Waals surface area (Å²) in [6.45, 7) is 2.34. The smallest absolute Gasteiger partial charge is 0.160 e. The van der Waals surface area contributed by atoms with E-state index in [0.29, 0.717) is 17.6 Å².